The molecule has 0 radical (unpaired) electrons. The third-order valence-corrected chi connectivity index (χ3v) is 5.03. The molecule has 9 heteroatoms. The van der Waals surface area contributed by atoms with Crippen molar-refractivity contribution in [2.24, 2.45) is 0 Å². The summed E-state index contributed by atoms with van der Waals surface area (Å²) < 4.78 is 7.21. The SMILES string of the molecule is CCC(CC(=O)O)NC(=O)c1cnc2c(cnn2CC)c1NC1CCOCC1. The lowest BCUT2D eigenvalue weighted by molar-refractivity contribution is -0.137. The number of nitrogens with zero attached hydrogens (tertiary/aromatic N) is 3. The third kappa shape index (κ3) is 4.41. The summed E-state index contributed by atoms with van der Waals surface area (Å²) in [5, 5.41) is 20.5. The Kier molecular flexibility index (Phi) is 6.45. The molecule has 2 aromatic rings. The average molecular weight is 389 g/mol. The Morgan fingerprint density at radius 2 is 2.07 bits per heavy atom. The molecular formula is C19H27N5O4. The minimum Gasteiger partial charge on any atom is -0.481 e. The number of hydrogen-bond donors (Lipinski definition) is 3. The number of pyridine rings is 1. The van der Waals surface area contributed by atoms with E-state index in [1.54, 1.807) is 17.1 Å². The quantitative estimate of drug-likeness (QED) is 0.632. The van der Waals surface area contributed by atoms with Gasteiger partial charge < -0.3 is 20.5 Å². The Morgan fingerprint density at radius 1 is 1.32 bits per heavy atom. The maximum atomic E-state index is 12.9. The second-order valence-electron chi connectivity index (χ2n) is 6.95. The van der Waals surface area contributed by atoms with Crippen LogP contribution in [0.4, 0.5) is 5.69 Å². The maximum absolute atomic E-state index is 12.9. The molecule has 1 atom stereocenters. The van der Waals surface area contributed by atoms with E-state index in [-0.39, 0.29) is 18.4 Å². The van der Waals surface area contributed by atoms with E-state index in [9.17, 15) is 9.59 Å². The van der Waals surface area contributed by atoms with Crippen molar-refractivity contribution >= 4 is 28.6 Å². The Balaban J connectivity index is 1.94. The number of carboxylic acid groups (broad SMARTS) is 1. The van der Waals surface area contributed by atoms with Gasteiger partial charge in [-0.05, 0) is 26.2 Å². The van der Waals surface area contributed by atoms with Gasteiger partial charge in [0.2, 0.25) is 0 Å². The van der Waals surface area contributed by atoms with Crippen molar-refractivity contribution in [2.45, 2.75) is 58.2 Å². The number of anilines is 1. The molecule has 3 heterocycles. The Morgan fingerprint density at radius 3 is 2.71 bits per heavy atom. The predicted octanol–water partition coefficient (Wildman–Crippen LogP) is 2.03. The van der Waals surface area contributed by atoms with Gasteiger partial charge in [-0.2, -0.15) is 5.10 Å². The molecule has 0 aliphatic carbocycles. The van der Waals surface area contributed by atoms with E-state index in [0.717, 1.165) is 18.2 Å². The summed E-state index contributed by atoms with van der Waals surface area (Å²) in [6.45, 7) is 5.87. The lowest BCUT2D eigenvalue weighted by Gasteiger charge is -2.26. The molecule has 9 nitrogen and oxygen atoms in total. The molecule has 1 saturated heterocycles. The minimum atomic E-state index is -0.939. The van der Waals surface area contributed by atoms with Crippen molar-refractivity contribution in [3.8, 4) is 0 Å². The Labute approximate surface area is 163 Å². The first kappa shape index (κ1) is 20.1. The fraction of sp³-hybridized carbons (Fsp3) is 0.579. The number of nitrogens with one attached hydrogen (secondary N) is 2. The van der Waals surface area contributed by atoms with E-state index in [4.69, 9.17) is 9.84 Å². The van der Waals surface area contributed by atoms with Crippen LogP contribution in [-0.2, 0) is 16.1 Å². The summed E-state index contributed by atoms with van der Waals surface area (Å²) in [6, 6.07) is -0.244. The largest absolute Gasteiger partial charge is 0.481 e. The van der Waals surface area contributed by atoms with Crippen molar-refractivity contribution in [1.82, 2.24) is 20.1 Å². The summed E-state index contributed by atoms with van der Waals surface area (Å²) in [6.07, 6.45) is 5.38. The van der Waals surface area contributed by atoms with Crippen molar-refractivity contribution in [3.05, 3.63) is 18.0 Å². The van der Waals surface area contributed by atoms with Crippen LogP contribution < -0.4 is 10.6 Å². The van der Waals surface area contributed by atoms with E-state index >= 15 is 0 Å². The lowest BCUT2D eigenvalue weighted by Crippen LogP contribution is -2.37. The van der Waals surface area contributed by atoms with Gasteiger partial charge >= 0.3 is 5.97 Å². The van der Waals surface area contributed by atoms with Crippen LogP contribution in [0.3, 0.4) is 0 Å². The molecule has 3 rings (SSSR count). The Hall–Kier alpha value is -2.68. The number of carbonyl (C=O) groups excluding carboxylic acids is 1. The highest BCUT2D eigenvalue weighted by Crippen LogP contribution is 2.28. The molecule has 1 aliphatic heterocycles. The fourth-order valence-corrected chi connectivity index (χ4v) is 3.40. The number of hydrogen-bond acceptors (Lipinski definition) is 6. The lowest BCUT2D eigenvalue weighted by atomic mass is 10.1. The summed E-state index contributed by atoms with van der Waals surface area (Å²) in [5.41, 5.74) is 1.81. The minimum absolute atomic E-state index is 0.117. The number of amides is 1. The maximum Gasteiger partial charge on any atom is 0.305 e. The molecule has 28 heavy (non-hydrogen) atoms. The van der Waals surface area contributed by atoms with E-state index in [1.165, 1.54) is 0 Å². The Bertz CT molecular complexity index is 844. The zero-order valence-corrected chi connectivity index (χ0v) is 16.3. The molecule has 1 unspecified atom stereocenters. The van der Waals surface area contributed by atoms with E-state index in [0.29, 0.717) is 43.1 Å². The van der Waals surface area contributed by atoms with Gasteiger partial charge in [0, 0.05) is 38.0 Å². The van der Waals surface area contributed by atoms with Gasteiger partial charge in [-0.15, -0.1) is 0 Å². The van der Waals surface area contributed by atoms with Crippen LogP contribution in [0.5, 0.6) is 0 Å². The number of fused-ring (bicyclic) bond motifs is 1. The number of aromatic nitrogens is 3. The van der Waals surface area contributed by atoms with Crippen molar-refractivity contribution in [1.29, 1.82) is 0 Å². The molecule has 0 bridgehead atoms. The van der Waals surface area contributed by atoms with Gasteiger partial charge in [0.05, 0.1) is 29.3 Å². The molecule has 2 aromatic heterocycles. The summed E-state index contributed by atoms with van der Waals surface area (Å²) >= 11 is 0. The molecule has 3 N–H and O–H groups in total. The first-order valence-corrected chi connectivity index (χ1v) is 9.74. The standard InChI is InChI=1S/C19H27N5O4/c1-3-12(9-16(25)26)23-19(27)15-10-20-18-14(11-21-24(18)4-2)17(15)22-13-5-7-28-8-6-13/h10-13H,3-9H2,1-2H3,(H,20,22)(H,23,27)(H,25,26). The van der Waals surface area contributed by atoms with Crippen LogP contribution in [-0.4, -0.2) is 57.0 Å². The van der Waals surface area contributed by atoms with Crippen molar-refractivity contribution in [2.75, 3.05) is 18.5 Å². The highest BCUT2D eigenvalue weighted by Gasteiger charge is 2.23. The van der Waals surface area contributed by atoms with Gasteiger partial charge in [0.1, 0.15) is 0 Å². The first-order chi connectivity index (χ1) is 13.5. The smallest absolute Gasteiger partial charge is 0.305 e. The number of carboxylic acids is 1. The molecular weight excluding hydrogens is 362 g/mol. The van der Waals surface area contributed by atoms with Crippen molar-refractivity contribution < 1.29 is 19.4 Å². The topological polar surface area (TPSA) is 118 Å². The van der Waals surface area contributed by atoms with Gasteiger partial charge in [-0.3, -0.25) is 9.59 Å². The van der Waals surface area contributed by atoms with Crippen LogP contribution in [0, 0.1) is 0 Å². The summed E-state index contributed by atoms with van der Waals surface area (Å²) in [5.74, 6) is -1.27. The van der Waals surface area contributed by atoms with E-state index in [2.05, 4.69) is 20.7 Å². The first-order valence-electron chi connectivity index (χ1n) is 9.74. The molecule has 0 aromatic carbocycles. The molecule has 1 aliphatic rings. The highest BCUT2D eigenvalue weighted by molar-refractivity contribution is 6.06. The molecule has 1 amide bonds. The van der Waals surface area contributed by atoms with Gasteiger partial charge in [0.15, 0.2) is 5.65 Å². The monoisotopic (exact) mass is 389 g/mol. The van der Waals surface area contributed by atoms with Crippen LogP contribution in [0.15, 0.2) is 12.4 Å². The number of carbonyl (C=O) groups is 2. The van der Waals surface area contributed by atoms with Crippen LogP contribution in [0.25, 0.3) is 11.0 Å². The summed E-state index contributed by atoms with van der Waals surface area (Å²) in [7, 11) is 0. The molecule has 1 fully saturated rings. The average Bonchev–Trinajstić information content (AvgIpc) is 3.11. The normalized spacial score (nSPS) is 16.1. The van der Waals surface area contributed by atoms with Crippen LogP contribution in [0.1, 0.15) is 49.9 Å². The van der Waals surface area contributed by atoms with Gasteiger partial charge in [-0.1, -0.05) is 6.92 Å². The number of ether oxygens (including phenoxy) is 1. The van der Waals surface area contributed by atoms with Crippen LogP contribution in [0.2, 0.25) is 0 Å². The molecule has 0 spiro atoms. The second kappa shape index (κ2) is 9.01. The summed E-state index contributed by atoms with van der Waals surface area (Å²) in [4.78, 5) is 28.4. The van der Waals surface area contributed by atoms with Gasteiger partial charge in [-0.25, -0.2) is 9.67 Å². The third-order valence-electron chi connectivity index (χ3n) is 5.03. The predicted molar refractivity (Wildman–Crippen MR) is 104 cm³/mol. The van der Waals surface area contributed by atoms with E-state index < -0.39 is 12.0 Å². The molecule has 152 valence electrons. The zero-order valence-electron chi connectivity index (χ0n) is 16.3. The van der Waals surface area contributed by atoms with Crippen LogP contribution >= 0.6 is 0 Å². The fourth-order valence-electron chi connectivity index (χ4n) is 3.40. The number of rotatable bonds is 8. The van der Waals surface area contributed by atoms with Gasteiger partial charge in [0.25, 0.3) is 5.91 Å². The van der Waals surface area contributed by atoms with Crippen molar-refractivity contribution in [3.63, 3.8) is 0 Å². The highest BCUT2D eigenvalue weighted by atomic mass is 16.5. The number of aryl methyl sites for hydroxylation is 1. The second-order valence-corrected chi connectivity index (χ2v) is 6.95. The molecule has 0 saturated carbocycles. The van der Waals surface area contributed by atoms with E-state index in [1.807, 2.05) is 13.8 Å². The zero-order chi connectivity index (χ0) is 20.1. The number of aliphatic carboxylic acids is 1.